The van der Waals surface area contributed by atoms with Gasteiger partial charge in [-0.15, -0.1) is 11.8 Å². The summed E-state index contributed by atoms with van der Waals surface area (Å²) in [5.41, 5.74) is 3.28. The van der Waals surface area contributed by atoms with Crippen LogP contribution in [0.3, 0.4) is 0 Å². The highest BCUT2D eigenvalue weighted by Crippen LogP contribution is 2.41. The molecule has 0 aromatic heterocycles. The highest BCUT2D eigenvalue weighted by Gasteiger charge is 2.26. The standard InChI is InChI=1S/C23H28ClNO2S/c1-16(28-18-8-6-5-7-9-18)21-19-13-15-25(22(26)27-23(2,3)4)14-12-17(19)10-11-20(21)24/h5-11,16H,12-15H2,1-4H3. The van der Waals surface area contributed by atoms with Gasteiger partial charge in [0.25, 0.3) is 0 Å². The molecule has 0 bridgehead atoms. The van der Waals surface area contributed by atoms with Gasteiger partial charge in [-0.05, 0) is 75.4 Å². The molecular formula is C23H28ClNO2S. The molecule has 0 aliphatic carbocycles. The van der Waals surface area contributed by atoms with Gasteiger partial charge >= 0.3 is 6.09 Å². The summed E-state index contributed by atoms with van der Waals surface area (Å²) in [4.78, 5) is 15.6. The first-order chi connectivity index (χ1) is 13.2. The Morgan fingerprint density at radius 3 is 2.46 bits per heavy atom. The smallest absolute Gasteiger partial charge is 0.410 e. The van der Waals surface area contributed by atoms with Crippen molar-refractivity contribution in [2.75, 3.05) is 13.1 Å². The lowest BCUT2D eigenvalue weighted by atomic mass is 9.95. The summed E-state index contributed by atoms with van der Waals surface area (Å²) in [6.45, 7) is 9.23. The second-order valence-electron chi connectivity index (χ2n) is 8.14. The van der Waals surface area contributed by atoms with Crippen LogP contribution in [0.4, 0.5) is 4.79 Å². The number of ether oxygens (including phenoxy) is 1. The van der Waals surface area contributed by atoms with Gasteiger partial charge in [-0.25, -0.2) is 4.79 Å². The van der Waals surface area contributed by atoms with E-state index in [1.807, 2.05) is 49.6 Å². The number of rotatable bonds is 3. The number of carbonyl (C=O) groups excluding carboxylic acids is 1. The average Bonchev–Trinajstić information content (AvgIpc) is 2.83. The van der Waals surface area contributed by atoms with Gasteiger partial charge in [-0.3, -0.25) is 0 Å². The fraction of sp³-hybridized carbons (Fsp3) is 0.435. The highest BCUT2D eigenvalue weighted by molar-refractivity contribution is 7.99. The van der Waals surface area contributed by atoms with E-state index < -0.39 is 5.60 Å². The first kappa shape index (κ1) is 21.1. The maximum atomic E-state index is 12.5. The second-order valence-corrected chi connectivity index (χ2v) is 9.96. The van der Waals surface area contributed by atoms with Crippen LogP contribution in [0, 0.1) is 0 Å². The molecule has 2 aromatic rings. The summed E-state index contributed by atoms with van der Waals surface area (Å²) in [6.07, 6.45) is 1.38. The van der Waals surface area contributed by atoms with E-state index in [-0.39, 0.29) is 11.3 Å². The van der Waals surface area contributed by atoms with E-state index in [4.69, 9.17) is 16.3 Å². The quantitative estimate of drug-likeness (QED) is 0.531. The molecule has 0 saturated carbocycles. The molecule has 1 amide bonds. The van der Waals surface area contributed by atoms with Gasteiger partial charge < -0.3 is 9.64 Å². The number of amides is 1. The number of halogens is 1. The van der Waals surface area contributed by atoms with Crippen LogP contribution >= 0.6 is 23.4 Å². The Kier molecular flexibility index (Phi) is 6.61. The topological polar surface area (TPSA) is 29.5 Å². The Balaban J connectivity index is 1.81. The molecule has 28 heavy (non-hydrogen) atoms. The molecule has 2 aromatic carbocycles. The summed E-state index contributed by atoms with van der Waals surface area (Å²) < 4.78 is 5.57. The Bertz CT molecular complexity index is 832. The minimum absolute atomic E-state index is 0.234. The Morgan fingerprint density at radius 2 is 1.79 bits per heavy atom. The van der Waals surface area contributed by atoms with Crippen LogP contribution in [-0.4, -0.2) is 29.7 Å². The van der Waals surface area contributed by atoms with Gasteiger partial charge in [-0.2, -0.15) is 0 Å². The van der Waals surface area contributed by atoms with Crippen molar-refractivity contribution in [2.24, 2.45) is 0 Å². The Hall–Kier alpha value is -1.65. The number of thioether (sulfide) groups is 1. The monoisotopic (exact) mass is 417 g/mol. The van der Waals surface area contributed by atoms with E-state index in [9.17, 15) is 4.79 Å². The van der Waals surface area contributed by atoms with Crippen molar-refractivity contribution in [3.05, 3.63) is 64.2 Å². The van der Waals surface area contributed by atoms with Crippen molar-refractivity contribution in [3.63, 3.8) is 0 Å². The van der Waals surface area contributed by atoms with Crippen LogP contribution in [0.1, 0.15) is 49.6 Å². The third-order valence-electron chi connectivity index (χ3n) is 4.80. The second kappa shape index (κ2) is 8.79. The molecule has 3 rings (SSSR count). The molecule has 150 valence electrons. The molecule has 1 aliphatic rings. The van der Waals surface area contributed by atoms with Crippen LogP contribution in [-0.2, 0) is 17.6 Å². The van der Waals surface area contributed by atoms with Crippen LogP contribution in [0.25, 0.3) is 0 Å². The molecule has 1 atom stereocenters. The predicted molar refractivity (Wildman–Crippen MR) is 117 cm³/mol. The number of hydrogen-bond donors (Lipinski definition) is 0. The zero-order valence-corrected chi connectivity index (χ0v) is 18.6. The van der Waals surface area contributed by atoms with Crippen molar-refractivity contribution in [2.45, 2.75) is 56.3 Å². The lowest BCUT2D eigenvalue weighted by molar-refractivity contribution is 0.0258. The fourth-order valence-corrected chi connectivity index (χ4v) is 5.05. The van der Waals surface area contributed by atoms with E-state index in [2.05, 4.69) is 37.3 Å². The SMILES string of the molecule is CC(Sc1ccccc1)c1c(Cl)ccc2c1CCN(C(=O)OC(C)(C)C)CC2. The van der Waals surface area contributed by atoms with E-state index in [0.29, 0.717) is 13.1 Å². The Morgan fingerprint density at radius 1 is 1.11 bits per heavy atom. The first-order valence-electron chi connectivity index (χ1n) is 9.74. The molecule has 0 spiro atoms. The zero-order valence-electron chi connectivity index (χ0n) is 17.0. The molecule has 1 aliphatic heterocycles. The number of carbonyl (C=O) groups is 1. The number of hydrogen-bond acceptors (Lipinski definition) is 3. The third-order valence-corrected chi connectivity index (χ3v) is 6.26. The summed E-state index contributed by atoms with van der Waals surface area (Å²) in [5.74, 6) is 0. The van der Waals surface area contributed by atoms with Crippen molar-refractivity contribution in [3.8, 4) is 0 Å². The van der Waals surface area contributed by atoms with E-state index in [1.165, 1.54) is 21.6 Å². The van der Waals surface area contributed by atoms with Crippen LogP contribution < -0.4 is 0 Å². The molecule has 3 nitrogen and oxygen atoms in total. The zero-order chi connectivity index (χ0) is 20.3. The fourth-order valence-electron chi connectivity index (χ4n) is 3.54. The molecule has 0 fully saturated rings. The van der Waals surface area contributed by atoms with Gasteiger partial charge in [0.05, 0.1) is 0 Å². The third kappa shape index (κ3) is 5.24. The van der Waals surface area contributed by atoms with E-state index in [0.717, 1.165) is 17.9 Å². The van der Waals surface area contributed by atoms with Gasteiger partial charge in [0.15, 0.2) is 0 Å². The summed E-state index contributed by atoms with van der Waals surface area (Å²) in [6, 6.07) is 14.5. The van der Waals surface area contributed by atoms with Crippen LogP contribution in [0.5, 0.6) is 0 Å². The van der Waals surface area contributed by atoms with E-state index in [1.54, 1.807) is 0 Å². The van der Waals surface area contributed by atoms with Gasteiger partial charge in [0, 0.05) is 28.3 Å². The predicted octanol–water partition coefficient (Wildman–Crippen LogP) is 6.53. The maximum absolute atomic E-state index is 12.5. The lowest BCUT2D eigenvalue weighted by Gasteiger charge is -2.26. The van der Waals surface area contributed by atoms with Gasteiger partial charge in [0.1, 0.15) is 5.60 Å². The molecule has 5 heteroatoms. The van der Waals surface area contributed by atoms with E-state index >= 15 is 0 Å². The molecule has 1 heterocycles. The molecule has 1 unspecified atom stereocenters. The lowest BCUT2D eigenvalue weighted by Crippen LogP contribution is -2.38. The van der Waals surface area contributed by atoms with Crippen LogP contribution in [0.15, 0.2) is 47.4 Å². The summed E-state index contributed by atoms with van der Waals surface area (Å²) >= 11 is 8.46. The maximum Gasteiger partial charge on any atom is 0.410 e. The first-order valence-corrected chi connectivity index (χ1v) is 11.0. The molecule has 0 radical (unpaired) electrons. The number of nitrogens with zero attached hydrogens (tertiary/aromatic N) is 1. The van der Waals surface area contributed by atoms with Gasteiger partial charge in [0.2, 0.25) is 0 Å². The van der Waals surface area contributed by atoms with Crippen molar-refractivity contribution >= 4 is 29.5 Å². The van der Waals surface area contributed by atoms with Crippen molar-refractivity contribution in [1.29, 1.82) is 0 Å². The normalized spacial score (nSPS) is 15.5. The van der Waals surface area contributed by atoms with Crippen LogP contribution in [0.2, 0.25) is 5.02 Å². The summed E-state index contributed by atoms with van der Waals surface area (Å²) in [7, 11) is 0. The Labute approximate surface area is 177 Å². The average molecular weight is 418 g/mol. The minimum atomic E-state index is -0.481. The minimum Gasteiger partial charge on any atom is -0.444 e. The molecule has 0 saturated heterocycles. The highest BCUT2D eigenvalue weighted by atomic mass is 35.5. The molecular weight excluding hydrogens is 390 g/mol. The summed E-state index contributed by atoms with van der Waals surface area (Å²) in [5, 5.41) is 1.04. The largest absolute Gasteiger partial charge is 0.444 e. The number of benzene rings is 2. The molecule has 0 N–H and O–H groups in total. The number of fused-ring (bicyclic) bond motifs is 1. The van der Waals surface area contributed by atoms with Gasteiger partial charge in [-0.1, -0.05) is 35.9 Å². The van der Waals surface area contributed by atoms with Crippen molar-refractivity contribution < 1.29 is 9.53 Å². The van der Waals surface area contributed by atoms with Crippen molar-refractivity contribution in [1.82, 2.24) is 4.90 Å².